The van der Waals surface area contributed by atoms with Crippen molar-refractivity contribution in [3.05, 3.63) is 0 Å². The molecule has 0 saturated heterocycles. The highest BCUT2D eigenvalue weighted by Crippen LogP contribution is 2.79. The van der Waals surface area contributed by atoms with Gasteiger partial charge in [-0.25, -0.2) is 0 Å². The second kappa shape index (κ2) is 2.73. The average Bonchev–Trinajstić information content (AvgIpc) is 2.59. The summed E-state index contributed by atoms with van der Waals surface area (Å²) >= 11 is 0. The largest absolute Gasteiger partial charge is 0.317 e. The van der Waals surface area contributed by atoms with Crippen LogP contribution in [-0.4, -0.2) is 13.1 Å². The van der Waals surface area contributed by atoms with Gasteiger partial charge in [0.15, 0.2) is 0 Å². The highest BCUT2D eigenvalue weighted by atomic mass is 14.9. The minimum absolute atomic E-state index is 0.618. The Bertz CT molecular complexity index is 209. The lowest BCUT2D eigenvalue weighted by Gasteiger charge is -2.38. The van der Waals surface area contributed by atoms with Crippen LogP contribution in [0.2, 0.25) is 0 Å². The molecule has 2 aliphatic carbocycles. The van der Waals surface area contributed by atoms with E-state index in [1.54, 1.807) is 0 Å². The average molecular weight is 181 g/mol. The van der Waals surface area contributed by atoms with Crippen molar-refractivity contribution in [3.63, 3.8) is 0 Å². The van der Waals surface area contributed by atoms with Crippen LogP contribution in [0.3, 0.4) is 0 Å². The Kier molecular flexibility index (Phi) is 1.99. The normalized spacial score (nSPS) is 46.2. The molecule has 3 atom stereocenters. The fraction of sp³-hybridized carbons (Fsp3) is 1.00. The van der Waals surface area contributed by atoms with Crippen molar-refractivity contribution in [2.45, 2.75) is 40.5 Å². The van der Waals surface area contributed by atoms with Crippen LogP contribution in [-0.2, 0) is 0 Å². The van der Waals surface area contributed by atoms with E-state index in [1.165, 1.54) is 19.4 Å². The first-order valence-corrected chi connectivity index (χ1v) is 5.78. The molecule has 0 aromatic carbocycles. The van der Waals surface area contributed by atoms with Crippen LogP contribution in [0.25, 0.3) is 0 Å². The summed E-state index contributed by atoms with van der Waals surface area (Å²) in [6.45, 7) is 11.9. The van der Waals surface area contributed by atoms with Crippen molar-refractivity contribution < 1.29 is 0 Å². The molecule has 3 unspecified atom stereocenters. The lowest BCUT2D eigenvalue weighted by Crippen LogP contribution is -2.31. The van der Waals surface area contributed by atoms with Crippen LogP contribution in [0.4, 0.5) is 0 Å². The lowest BCUT2D eigenvalue weighted by atomic mass is 9.67. The van der Waals surface area contributed by atoms with Gasteiger partial charge >= 0.3 is 0 Å². The minimum Gasteiger partial charge on any atom is -0.317 e. The molecular weight excluding hydrogens is 158 g/mol. The van der Waals surface area contributed by atoms with E-state index in [4.69, 9.17) is 0 Å². The Balaban J connectivity index is 1.99. The van der Waals surface area contributed by atoms with Crippen molar-refractivity contribution in [1.82, 2.24) is 5.32 Å². The van der Waals surface area contributed by atoms with Gasteiger partial charge in [-0.05, 0) is 48.6 Å². The van der Waals surface area contributed by atoms with Crippen molar-refractivity contribution in [3.8, 4) is 0 Å². The van der Waals surface area contributed by atoms with Gasteiger partial charge < -0.3 is 5.32 Å². The molecule has 2 fully saturated rings. The van der Waals surface area contributed by atoms with E-state index in [0.29, 0.717) is 5.41 Å². The molecule has 0 bridgehead atoms. The van der Waals surface area contributed by atoms with E-state index in [0.717, 1.165) is 23.8 Å². The zero-order valence-electron chi connectivity index (χ0n) is 9.48. The fourth-order valence-electron chi connectivity index (χ4n) is 3.95. The van der Waals surface area contributed by atoms with Crippen molar-refractivity contribution in [1.29, 1.82) is 0 Å². The van der Waals surface area contributed by atoms with E-state index in [1.807, 2.05) is 0 Å². The third kappa shape index (κ3) is 0.971. The number of hydrogen-bond acceptors (Lipinski definition) is 1. The van der Waals surface area contributed by atoms with Gasteiger partial charge in [-0.15, -0.1) is 0 Å². The third-order valence-corrected chi connectivity index (χ3v) is 5.08. The van der Waals surface area contributed by atoms with Gasteiger partial charge in [0.25, 0.3) is 0 Å². The molecule has 0 aromatic rings. The zero-order chi connectivity index (χ0) is 9.69. The summed E-state index contributed by atoms with van der Waals surface area (Å²) in [6, 6.07) is 0. The summed E-state index contributed by atoms with van der Waals surface area (Å²) in [6.07, 6.45) is 2.95. The Labute approximate surface area is 82.3 Å². The Morgan fingerprint density at radius 1 is 1.38 bits per heavy atom. The highest BCUT2D eigenvalue weighted by Gasteiger charge is 2.74. The highest BCUT2D eigenvalue weighted by molar-refractivity contribution is 5.23. The maximum Gasteiger partial charge on any atom is -0.000969 e. The molecule has 1 N–H and O–H groups in total. The van der Waals surface area contributed by atoms with E-state index < -0.39 is 0 Å². The van der Waals surface area contributed by atoms with Crippen molar-refractivity contribution in [2.24, 2.45) is 22.7 Å². The van der Waals surface area contributed by atoms with Gasteiger partial charge in [0.2, 0.25) is 0 Å². The predicted octanol–water partition coefficient (Wildman–Crippen LogP) is 2.67. The van der Waals surface area contributed by atoms with E-state index in [2.05, 4.69) is 33.0 Å². The Hall–Kier alpha value is -0.0400. The topological polar surface area (TPSA) is 12.0 Å². The molecule has 2 rings (SSSR count). The van der Waals surface area contributed by atoms with Gasteiger partial charge in [0, 0.05) is 0 Å². The number of nitrogens with one attached hydrogen (secondary N) is 1. The number of hydrogen-bond donors (Lipinski definition) is 1. The second-order valence-corrected chi connectivity index (χ2v) is 5.56. The summed E-state index contributed by atoms with van der Waals surface area (Å²) in [5, 5.41) is 3.51. The summed E-state index contributed by atoms with van der Waals surface area (Å²) in [5.74, 6) is 1.93. The molecule has 2 aliphatic rings. The SMILES string of the molecule is CCNCC1C(C)(C)C12CCC2C. The van der Waals surface area contributed by atoms with Gasteiger partial charge in [-0.3, -0.25) is 0 Å². The summed E-state index contributed by atoms with van der Waals surface area (Å²) < 4.78 is 0. The first-order valence-electron chi connectivity index (χ1n) is 5.78. The summed E-state index contributed by atoms with van der Waals surface area (Å²) in [7, 11) is 0. The fourth-order valence-corrected chi connectivity index (χ4v) is 3.95. The standard InChI is InChI=1S/C12H23N/c1-5-13-8-10-11(3,4)12(10)7-6-9(12)2/h9-10,13H,5-8H2,1-4H3. The molecule has 0 aliphatic heterocycles. The number of rotatable bonds is 3. The molecule has 0 amide bonds. The van der Waals surface area contributed by atoms with Crippen LogP contribution in [0.15, 0.2) is 0 Å². The van der Waals surface area contributed by atoms with Gasteiger partial charge in [0.1, 0.15) is 0 Å². The first-order chi connectivity index (χ1) is 6.07. The molecule has 1 heteroatoms. The first kappa shape index (κ1) is 9.51. The molecule has 0 radical (unpaired) electrons. The molecule has 0 aromatic heterocycles. The summed E-state index contributed by atoms with van der Waals surface area (Å²) in [5.41, 5.74) is 1.35. The molecule has 76 valence electrons. The van der Waals surface area contributed by atoms with Crippen LogP contribution >= 0.6 is 0 Å². The minimum atomic E-state index is 0.618. The summed E-state index contributed by atoms with van der Waals surface area (Å²) in [4.78, 5) is 0. The third-order valence-electron chi connectivity index (χ3n) is 5.08. The van der Waals surface area contributed by atoms with Crippen molar-refractivity contribution in [2.75, 3.05) is 13.1 Å². The molecule has 0 heterocycles. The van der Waals surface area contributed by atoms with Gasteiger partial charge in [-0.2, -0.15) is 0 Å². The van der Waals surface area contributed by atoms with Gasteiger partial charge in [0.05, 0.1) is 0 Å². The molecule has 13 heavy (non-hydrogen) atoms. The maximum atomic E-state index is 3.51. The monoisotopic (exact) mass is 181 g/mol. The zero-order valence-corrected chi connectivity index (χ0v) is 9.48. The maximum absolute atomic E-state index is 3.51. The van der Waals surface area contributed by atoms with Crippen molar-refractivity contribution >= 4 is 0 Å². The second-order valence-electron chi connectivity index (χ2n) is 5.56. The lowest BCUT2D eigenvalue weighted by molar-refractivity contribution is 0.112. The van der Waals surface area contributed by atoms with Crippen LogP contribution < -0.4 is 5.32 Å². The van der Waals surface area contributed by atoms with E-state index >= 15 is 0 Å². The Morgan fingerprint density at radius 2 is 2.08 bits per heavy atom. The molecule has 2 saturated carbocycles. The molecule has 1 spiro atoms. The van der Waals surface area contributed by atoms with Gasteiger partial charge in [-0.1, -0.05) is 27.7 Å². The van der Waals surface area contributed by atoms with E-state index in [9.17, 15) is 0 Å². The van der Waals surface area contributed by atoms with Crippen LogP contribution in [0.5, 0.6) is 0 Å². The van der Waals surface area contributed by atoms with Crippen LogP contribution in [0.1, 0.15) is 40.5 Å². The van der Waals surface area contributed by atoms with Crippen LogP contribution in [0, 0.1) is 22.7 Å². The molecular formula is C12H23N. The van der Waals surface area contributed by atoms with E-state index in [-0.39, 0.29) is 0 Å². The quantitative estimate of drug-likeness (QED) is 0.706. The Morgan fingerprint density at radius 3 is 2.38 bits per heavy atom. The predicted molar refractivity (Wildman–Crippen MR) is 56.6 cm³/mol. The molecule has 1 nitrogen and oxygen atoms in total. The smallest absolute Gasteiger partial charge is 0.000969 e.